The summed E-state index contributed by atoms with van der Waals surface area (Å²) in [5, 5.41) is 0. The van der Waals surface area contributed by atoms with Crippen molar-refractivity contribution in [2.24, 2.45) is 11.3 Å². The summed E-state index contributed by atoms with van der Waals surface area (Å²) in [4.78, 5) is 28.9. The van der Waals surface area contributed by atoms with Crippen LogP contribution in [0.4, 0.5) is 4.79 Å². The summed E-state index contributed by atoms with van der Waals surface area (Å²) < 4.78 is 5.36. The van der Waals surface area contributed by atoms with Crippen molar-refractivity contribution in [2.45, 2.75) is 111 Å². The van der Waals surface area contributed by atoms with E-state index in [4.69, 9.17) is 4.74 Å². The lowest BCUT2D eigenvalue weighted by atomic mass is 9.81. The lowest BCUT2D eigenvalue weighted by molar-refractivity contribution is -0.136. The first kappa shape index (κ1) is 22.0. The van der Waals surface area contributed by atoms with Gasteiger partial charge in [-0.2, -0.15) is 0 Å². The third-order valence-corrected chi connectivity index (χ3v) is 6.36. The lowest BCUT2D eigenvalue weighted by Crippen LogP contribution is -2.54. The number of likely N-dealkylation sites (tertiary alicyclic amines) is 1. The Labute approximate surface area is 165 Å². The van der Waals surface area contributed by atoms with Gasteiger partial charge >= 0.3 is 6.09 Å². The number of carbonyl (C=O) groups is 2. The van der Waals surface area contributed by atoms with Crippen LogP contribution in [-0.2, 0) is 9.53 Å². The zero-order chi connectivity index (χ0) is 20.8. The van der Waals surface area contributed by atoms with Gasteiger partial charge in [0, 0.05) is 23.5 Å². The standard InChI is InChI=1S/C22H40N2O3/c1-15(16-14-27-19(26)23(16)21(5,6)7)12-13-22(8,9)24-17(20(2,3)4)10-11-18(24)25/h15-17H,10-14H2,1-9H3. The van der Waals surface area contributed by atoms with Crippen LogP contribution >= 0.6 is 0 Å². The van der Waals surface area contributed by atoms with E-state index >= 15 is 0 Å². The Bertz CT molecular complexity index is 571. The molecule has 0 bridgehead atoms. The minimum absolute atomic E-state index is 0.0871. The first-order chi connectivity index (χ1) is 12.2. The first-order valence-electron chi connectivity index (χ1n) is 10.4. The molecule has 2 amide bonds. The van der Waals surface area contributed by atoms with Gasteiger partial charge in [0.05, 0.1) is 6.04 Å². The van der Waals surface area contributed by atoms with Crippen LogP contribution in [0.2, 0.25) is 0 Å². The van der Waals surface area contributed by atoms with Crippen LogP contribution in [0.5, 0.6) is 0 Å². The largest absolute Gasteiger partial charge is 0.447 e. The number of hydrogen-bond acceptors (Lipinski definition) is 3. The summed E-state index contributed by atoms with van der Waals surface area (Å²) in [5.41, 5.74) is -0.343. The van der Waals surface area contributed by atoms with Gasteiger partial charge in [0.15, 0.2) is 0 Å². The fourth-order valence-corrected chi connectivity index (χ4v) is 4.78. The average molecular weight is 381 g/mol. The van der Waals surface area contributed by atoms with Crippen LogP contribution in [-0.4, -0.2) is 51.6 Å². The molecule has 2 aliphatic rings. The number of amides is 2. The predicted octanol–water partition coefficient (Wildman–Crippen LogP) is 4.84. The molecule has 2 saturated heterocycles. The third-order valence-electron chi connectivity index (χ3n) is 6.36. The van der Waals surface area contributed by atoms with E-state index in [9.17, 15) is 9.59 Å². The van der Waals surface area contributed by atoms with Crippen LogP contribution in [0.15, 0.2) is 0 Å². The van der Waals surface area contributed by atoms with Gasteiger partial charge in [0.2, 0.25) is 5.91 Å². The summed E-state index contributed by atoms with van der Waals surface area (Å²) in [5.74, 6) is 0.601. The quantitative estimate of drug-likeness (QED) is 0.686. The molecular formula is C22H40N2O3. The third kappa shape index (κ3) is 4.60. The van der Waals surface area contributed by atoms with Gasteiger partial charge < -0.3 is 9.64 Å². The highest BCUT2D eigenvalue weighted by atomic mass is 16.6. The molecule has 0 saturated carbocycles. The van der Waals surface area contributed by atoms with Crippen LogP contribution in [0, 0.1) is 11.3 Å². The minimum atomic E-state index is -0.246. The molecule has 27 heavy (non-hydrogen) atoms. The number of ether oxygens (including phenoxy) is 1. The van der Waals surface area contributed by atoms with E-state index in [1.807, 2.05) is 4.90 Å². The summed E-state index contributed by atoms with van der Waals surface area (Å²) in [6.07, 6.45) is 3.28. The summed E-state index contributed by atoms with van der Waals surface area (Å²) in [6.45, 7) is 19.9. The molecule has 0 N–H and O–H groups in total. The molecule has 0 aromatic rings. The molecular weight excluding hydrogens is 340 g/mol. The Morgan fingerprint density at radius 1 is 1.04 bits per heavy atom. The van der Waals surface area contributed by atoms with Crippen molar-refractivity contribution in [3.63, 3.8) is 0 Å². The van der Waals surface area contributed by atoms with Crippen LogP contribution in [0.25, 0.3) is 0 Å². The van der Waals surface area contributed by atoms with Crippen molar-refractivity contribution in [3.05, 3.63) is 0 Å². The van der Waals surface area contributed by atoms with Crippen LogP contribution in [0.1, 0.15) is 88.0 Å². The van der Waals surface area contributed by atoms with Crippen LogP contribution in [0.3, 0.4) is 0 Å². The van der Waals surface area contributed by atoms with Crippen molar-refractivity contribution < 1.29 is 14.3 Å². The van der Waals surface area contributed by atoms with Gasteiger partial charge in [-0.05, 0) is 65.2 Å². The zero-order valence-electron chi connectivity index (χ0n) is 18.9. The lowest BCUT2D eigenvalue weighted by Gasteiger charge is -2.46. The number of hydrogen-bond donors (Lipinski definition) is 0. The SMILES string of the molecule is CC(CCC(C)(C)N1C(=O)CCC1C(C)(C)C)C1COC(=O)N1C(C)(C)C. The molecule has 5 heteroatoms. The molecule has 0 aromatic carbocycles. The van der Waals surface area contributed by atoms with E-state index in [2.05, 4.69) is 67.2 Å². The van der Waals surface area contributed by atoms with E-state index in [0.29, 0.717) is 18.9 Å². The monoisotopic (exact) mass is 380 g/mol. The Balaban J connectivity index is 2.08. The minimum Gasteiger partial charge on any atom is -0.447 e. The van der Waals surface area contributed by atoms with Crippen molar-refractivity contribution in [3.8, 4) is 0 Å². The molecule has 2 heterocycles. The van der Waals surface area contributed by atoms with Gasteiger partial charge in [0.1, 0.15) is 6.61 Å². The molecule has 156 valence electrons. The molecule has 5 nitrogen and oxygen atoms in total. The number of cyclic esters (lactones) is 1. The van der Waals surface area contributed by atoms with Gasteiger partial charge in [-0.1, -0.05) is 27.7 Å². The molecule has 2 fully saturated rings. The molecule has 3 unspecified atom stereocenters. The predicted molar refractivity (Wildman–Crippen MR) is 109 cm³/mol. The van der Waals surface area contributed by atoms with Crippen molar-refractivity contribution >= 4 is 12.0 Å². The Morgan fingerprint density at radius 3 is 2.15 bits per heavy atom. The Kier molecular flexibility index (Phi) is 5.95. The van der Waals surface area contributed by atoms with E-state index in [1.165, 1.54) is 0 Å². The molecule has 2 aliphatic heterocycles. The maximum atomic E-state index is 12.7. The normalized spacial score (nSPS) is 26.0. The van der Waals surface area contributed by atoms with Crippen LogP contribution < -0.4 is 0 Å². The second kappa shape index (κ2) is 7.29. The fraction of sp³-hybridized carbons (Fsp3) is 0.909. The summed E-state index contributed by atoms with van der Waals surface area (Å²) in [7, 11) is 0. The smallest absolute Gasteiger partial charge is 0.410 e. The van der Waals surface area contributed by atoms with E-state index in [0.717, 1.165) is 19.3 Å². The highest BCUT2D eigenvalue weighted by Crippen LogP contribution is 2.40. The maximum absolute atomic E-state index is 12.7. The number of nitrogens with zero attached hydrogens (tertiary/aromatic N) is 2. The average Bonchev–Trinajstić information content (AvgIpc) is 3.07. The maximum Gasteiger partial charge on any atom is 0.410 e. The summed E-state index contributed by atoms with van der Waals surface area (Å²) >= 11 is 0. The molecule has 0 aromatic heterocycles. The second-order valence-corrected chi connectivity index (χ2v) is 11.2. The van der Waals surface area contributed by atoms with Crippen molar-refractivity contribution in [1.82, 2.24) is 9.80 Å². The second-order valence-electron chi connectivity index (χ2n) is 11.2. The Morgan fingerprint density at radius 2 is 1.63 bits per heavy atom. The van der Waals surface area contributed by atoms with Gasteiger partial charge in [-0.25, -0.2) is 4.79 Å². The van der Waals surface area contributed by atoms with Gasteiger partial charge in [0.25, 0.3) is 0 Å². The number of rotatable bonds is 5. The van der Waals surface area contributed by atoms with E-state index < -0.39 is 0 Å². The Hall–Kier alpha value is -1.26. The first-order valence-corrected chi connectivity index (χ1v) is 10.4. The molecule has 0 aliphatic carbocycles. The molecule has 3 atom stereocenters. The van der Waals surface area contributed by atoms with Crippen molar-refractivity contribution in [2.75, 3.05) is 6.61 Å². The van der Waals surface area contributed by atoms with Crippen molar-refractivity contribution in [1.29, 1.82) is 0 Å². The fourth-order valence-electron chi connectivity index (χ4n) is 4.78. The van der Waals surface area contributed by atoms with E-state index in [-0.39, 0.29) is 40.6 Å². The zero-order valence-corrected chi connectivity index (χ0v) is 18.9. The molecule has 0 radical (unpaired) electrons. The van der Waals surface area contributed by atoms with Gasteiger partial charge in [-0.15, -0.1) is 0 Å². The highest BCUT2D eigenvalue weighted by Gasteiger charge is 2.46. The molecule has 0 spiro atoms. The summed E-state index contributed by atoms with van der Waals surface area (Å²) in [6, 6.07) is 0.388. The van der Waals surface area contributed by atoms with Gasteiger partial charge in [-0.3, -0.25) is 9.69 Å². The molecule has 2 rings (SSSR count). The topological polar surface area (TPSA) is 49.9 Å². The van der Waals surface area contributed by atoms with E-state index in [1.54, 1.807) is 0 Å². The number of carbonyl (C=O) groups excluding carboxylic acids is 2. The highest BCUT2D eigenvalue weighted by molar-refractivity contribution is 5.79.